The largest absolute Gasteiger partial charge is 0.456 e. The summed E-state index contributed by atoms with van der Waals surface area (Å²) in [5, 5.41) is -0.0919. The molecule has 0 radical (unpaired) electrons. The van der Waals surface area contributed by atoms with Gasteiger partial charge in [-0.2, -0.15) is 0 Å². The van der Waals surface area contributed by atoms with Crippen LogP contribution in [0.15, 0.2) is 36.4 Å². The molecule has 0 aliphatic rings. The maximum absolute atomic E-state index is 13.6. The van der Waals surface area contributed by atoms with Crippen molar-refractivity contribution in [2.75, 3.05) is 0 Å². The lowest BCUT2D eigenvalue weighted by atomic mass is 10.2. The van der Waals surface area contributed by atoms with Crippen LogP contribution in [0.1, 0.15) is 5.56 Å². The monoisotopic (exact) mass is 299 g/mol. The van der Waals surface area contributed by atoms with Crippen LogP contribution >= 0.6 is 23.8 Å². The Morgan fingerprint density at radius 3 is 2.53 bits per heavy atom. The van der Waals surface area contributed by atoms with E-state index in [1.807, 2.05) is 0 Å². The van der Waals surface area contributed by atoms with Crippen molar-refractivity contribution in [3.8, 4) is 11.5 Å². The van der Waals surface area contributed by atoms with Crippen LogP contribution in [-0.2, 0) is 0 Å². The molecule has 2 nitrogen and oxygen atoms in total. The highest BCUT2D eigenvalue weighted by Gasteiger charge is 2.13. The Labute approximate surface area is 118 Å². The molecule has 0 fully saturated rings. The van der Waals surface area contributed by atoms with Crippen LogP contribution in [0.25, 0.3) is 0 Å². The van der Waals surface area contributed by atoms with Gasteiger partial charge >= 0.3 is 0 Å². The van der Waals surface area contributed by atoms with Crippen molar-refractivity contribution >= 4 is 28.8 Å². The van der Waals surface area contributed by atoms with Crippen molar-refractivity contribution in [1.29, 1.82) is 0 Å². The quantitative estimate of drug-likeness (QED) is 0.869. The molecule has 2 aromatic rings. The number of hydrogen-bond donors (Lipinski definition) is 1. The van der Waals surface area contributed by atoms with Crippen molar-refractivity contribution in [2.24, 2.45) is 5.73 Å². The Kier molecular flexibility index (Phi) is 3.97. The summed E-state index contributed by atoms with van der Waals surface area (Å²) in [4.78, 5) is -0.124. The van der Waals surface area contributed by atoms with Gasteiger partial charge in [-0.15, -0.1) is 0 Å². The lowest BCUT2D eigenvalue weighted by Gasteiger charge is -2.11. The van der Waals surface area contributed by atoms with E-state index >= 15 is 0 Å². The number of benzene rings is 2. The molecule has 0 unspecified atom stereocenters. The van der Waals surface area contributed by atoms with Crippen LogP contribution < -0.4 is 10.5 Å². The third-order valence-electron chi connectivity index (χ3n) is 2.34. The van der Waals surface area contributed by atoms with Gasteiger partial charge in [0.2, 0.25) is 0 Å². The molecular formula is C13H8ClF2NOS. The number of rotatable bonds is 3. The van der Waals surface area contributed by atoms with E-state index in [0.717, 1.165) is 6.07 Å². The molecule has 98 valence electrons. The van der Waals surface area contributed by atoms with E-state index in [0.29, 0.717) is 0 Å². The van der Waals surface area contributed by atoms with Gasteiger partial charge in [0.05, 0.1) is 10.6 Å². The minimum atomic E-state index is -0.585. The number of ether oxygens (including phenoxy) is 1. The van der Waals surface area contributed by atoms with Gasteiger partial charge in [-0.05, 0) is 24.3 Å². The first kappa shape index (κ1) is 13.7. The average Bonchev–Trinajstić information content (AvgIpc) is 2.33. The Morgan fingerprint density at radius 2 is 1.89 bits per heavy atom. The highest BCUT2D eigenvalue weighted by molar-refractivity contribution is 7.80. The molecule has 2 aromatic carbocycles. The summed E-state index contributed by atoms with van der Waals surface area (Å²) in [6, 6.07) is 7.99. The molecule has 0 saturated carbocycles. The zero-order valence-corrected chi connectivity index (χ0v) is 11.1. The topological polar surface area (TPSA) is 35.2 Å². The fraction of sp³-hybridized carbons (Fsp3) is 0. The minimum Gasteiger partial charge on any atom is -0.456 e. The summed E-state index contributed by atoms with van der Waals surface area (Å²) in [7, 11) is 0. The van der Waals surface area contributed by atoms with E-state index in [9.17, 15) is 8.78 Å². The Balaban J connectivity index is 2.40. The first-order valence-corrected chi connectivity index (χ1v) is 5.99. The van der Waals surface area contributed by atoms with E-state index in [2.05, 4.69) is 0 Å². The number of halogens is 3. The fourth-order valence-electron chi connectivity index (χ4n) is 1.50. The van der Waals surface area contributed by atoms with Crippen molar-refractivity contribution in [1.82, 2.24) is 0 Å². The molecular weight excluding hydrogens is 292 g/mol. The maximum Gasteiger partial charge on any atom is 0.142 e. The molecule has 0 spiro atoms. The van der Waals surface area contributed by atoms with Gasteiger partial charge in [-0.1, -0.05) is 29.9 Å². The predicted molar refractivity (Wildman–Crippen MR) is 73.8 cm³/mol. The Morgan fingerprint density at radius 1 is 1.16 bits per heavy atom. The van der Waals surface area contributed by atoms with Crippen LogP contribution in [0.2, 0.25) is 5.02 Å². The van der Waals surface area contributed by atoms with Gasteiger partial charge < -0.3 is 10.5 Å². The zero-order chi connectivity index (χ0) is 14.0. The SMILES string of the molecule is NC(=S)c1c(F)cccc1Oc1ccc(F)c(Cl)c1. The van der Waals surface area contributed by atoms with Gasteiger partial charge in [0.15, 0.2) is 0 Å². The predicted octanol–water partition coefficient (Wildman–Crippen LogP) is 4.04. The number of nitrogens with two attached hydrogens (primary N) is 1. The van der Waals surface area contributed by atoms with Gasteiger partial charge in [0.1, 0.15) is 28.1 Å². The third kappa shape index (κ3) is 3.00. The number of thiocarbonyl (C=S) groups is 1. The summed E-state index contributed by atoms with van der Waals surface area (Å²) in [6.07, 6.45) is 0. The van der Waals surface area contributed by atoms with Gasteiger partial charge in [-0.3, -0.25) is 0 Å². The molecule has 2 N–H and O–H groups in total. The normalized spacial score (nSPS) is 10.3. The molecule has 0 aliphatic heterocycles. The van der Waals surface area contributed by atoms with Crippen LogP contribution in [-0.4, -0.2) is 4.99 Å². The van der Waals surface area contributed by atoms with E-state index in [-0.39, 0.29) is 27.1 Å². The van der Waals surface area contributed by atoms with Crippen molar-refractivity contribution < 1.29 is 13.5 Å². The second-order valence-corrected chi connectivity index (χ2v) is 4.50. The molecule has 2 rings (SSSR count). The lowest BCUT2D eigenvalue weighted by Crippen LogP contribution is -2.13. The molecule has 0 aromatic heterocycles. The first-order chi connectivity index (χ1) is 8.99. The summed E-state index contributed by atoms with van der Waals surface area (Å²) in [5.41, 5.74) is 5.45. The summed E-state index contributed by atoms with van der Waals surface area (Å²) < 4.78 is 32.1. The highest BCUT2D eigenvalue weighted by atomic mass is 35.5. The van der Waals surface area contributed by atoms with Crippen LogP contribution in [0.3, 0.4) is 0 Å². The van der Waals surface area contributed by atoms with Crippen molar-refractivity contribution in [3.05, 3.63) is 58.6 Å². The van der Waals surface area contributed by atoms with E-state index < -0.39 is 11.6 Å². The fourth-order valence-corrected chi connectivity index (χ4v) is 1.86. The second kappa shape index (κ2) is 5.50. The van der Waals surface area contributed by atoms with E-state index in [1.54, 1.807) is 0 Å². The van der Waals surface area contributed by atoms with Gasteiger partial charge in [0, 0.05) is 6.07 Å². The van der Waals surface area contributed by atoms with Crippen LogP contribution in [0.4, 0.5) is 8.78 Å². The summed E-state index contributed by atoms with van der Waals surface area (Å²) >= 11 is 10.4. The molecule has 6 heteroatoms. The highest BCUT2D eigenvalue weighted by Crippen LogP contribution is 2.29. The zero-order valence-electron chi connectivity index (χ0n) is 9.49. The Bertz CT molecular complexity index is 649. The van der Waals surface area contributed by atoms with Gasteiger partial charge in [-0.25, -0.2) is 8.78 Å². The van der Waals surface area contributed by atoms with E-state index in [4.69, 9.17) is 34.3 Å². The molecule has 0 saturated heterocycles. The second-order valence-electron chi connectivity index (χ2n) is 3.66. The Hall–Kier alpha value is -1.72. The standard InChI is InChI=1S/C13H8ClF2NOS/c14-8-6-7(4-5-9(8)15)18-11-3-1-2-10(16)12(11)13(17)19/h1-6H,(H2,17,19). The smallest absolute Gasteiger partial charge is 0.142 e. The summed E-state index contributed by atoms with van der Waals surface area (Å²) in [6.45, 7) is 0. The van der Waals surface area contributed by atoms with Crippen molar-refractivity contribution in [2.45, 2.75) is 0 Å². The van der Waals surface area contributed by atoms with Crippen molar-refractivity contribution in [3.63, 3.8) is 0 Å². The van der Waals surface area contributed by atoms with Gasteiger partial charge in [0.25, 0.3) is 0 Å². The van der Waals surface area contributed by atoms with Crippen LogP contribution in [0.5, 0.6) is 11.5 Å². The molecule has 0 bridgehead atoms. The third-order valence-corrected chi connectivity index (χ3v) is 2.83. The molecule has 0 atom stereocenters. The average molecular weight is 300 g/mol. The summed E-state index contributed by atoms with van der Waals surface area (Å²) in [5.74, 6) is -0.745. The molecule has 0 heterocycles. The molecule has 19 heavy (non-hydrogen) atoms. The lowest BCUT2D eigenvalue weighted by molar-refractivity contribution is 0.473. The van der Waals surface area contributed by atoms with Crippen LogP contribution in [0, 0.1) is 11.6 Å². The first-order valence-electron chi connectivity index (χ1n) is 5.20. The number of hydrogen-bond acceptors (Lipinski definition) is 2. The van der Waals surface area contributed by atoms with E-state index in [1.165, 1.54) is 30.3 Å². The minimum absolute atomic E-state index is 0.00190. The molecule has 0 aliphatic carbocycles. The molecule has 0 amide bonds. The maximum atomic E-state index is 13.6.